The van der Waals surface area contributed by atoms with Gasteiger partial charge < -0.3 is 19.3 Å². The third-order valence-corrected chi connectivity index (χ3v) is 2.43. The number of hydrazine groups is 1. The normalized spacial score (nSPS) is 11.8. The number of hydrogen-bond acceptors (Lipinski definition) is 6. The molecule has 100 valence electrons. The Kier molecular flexibility index (Phi) is 4.75. The Hall–Kier alpha value is -1.99. The van der Waals surface area contributed by atoms with Gasteiger partial charge in [0.15, 0.2) is 11.5 Å². The molecule has 0 fully saturated rings. The van der Waals surface area contributed by atoms with Gasteiger partial charge in [0, 0.05) is 0 Å². The van der Waals surface area contributed by atoms with E-state index in [2.05, 4.69) is 5.43 Å². The Balaban J connectivity index is 3.34. The van der Waals surface area contributed by atoms with E-state index in [4.69, 9.17) is 25.2 Å². The van der Waals surface area contributed by atoms with Crippen molar-refractivity contribution in [1.29, 1.82) is 0 Å². The lowest BCUT2D eigenvalue weighted by molar-refractivity contribution is -0.139. The number of nitrogens with two attached hydrogens (primary N) is 1. The number of ether oxygens (including phenoxy) is 3. The number of benzene rings is 1. The van der Waals surface area contributed by atoms with Crippen LogP contribution in [0.5, 0.6) is 17.2 Å². The fraction of sp³-hybridized carbons (Fsp3) is 0.364. The molecule has 0 spiro atoms. The second kappa shape index (κ2) is 6.08. The standard InChI is InChI=1S/C11H16N2O5/c1-16-7-4-6(9(13-12)11(14)15)5-8(17-2)10(7)18-3/h4-5,9,13H,12H2,1-3H3,(H,14,15). The molecule has 0 radical (unpaired) electrons. The number of rotatable bonds is 6. The molecule has 0 amide bonds. The van der Waals surface area contributed by atoms with Gasteiger partial charge in [0.25, 0.3) is 0 Å². The van der Waals surface area contributed by atoms with Crippen molar-refractivity contribution >= 4 is 5.97 Å². The van der Waals surface area contributed by atoms with E-state index in [0.29, 0.717) is 22.8 Å². The van der Waals surface area contributed by atoms with Crippen LogP contribution in [0.15, 0.2) is 12.1 Å². The highest BCUT2D eigenvalue weighted by Crippen LogP contribution is 2.39. The average molecular weight is 256 g/mol. The SMILES string of the molecule is COc1cc(C(NN)C(=O)O)cc(OC)c1OC. The van der Waals surface area contributed by atoms with Crippen molar-refractivity contribution in [2.75, 3.05) is 21.3 Å². The molecule has 0 bridgehead atoms. The monoisotopic (exact) mass is 256 g/mol. The molecule has 1 aromatic rings. The van der Waals surface area contributed by atoms with E-state index < -0.39 is 12.0 Å². The van der Waals surface area contributed by atoms with Crippen LogP contribution in [0.1, 0.15) is 11.6 Å². The van der Waals surface area contributed by atoms with E-state index in [1.807, 2.05) is 0 Å². The first kappa shape index (κ1) is 14.1. The zero-order valence-electron chi connectivity index (χ0n) is 10.4. The third kappa shape index (κ3) is 2.63. The molecular weight excluding hydrogens is 240 g/mol. The molecule has 0 aliphatic heterocycles. The van der Waals surface area contributed by atoms with Gasteiger partial charge in [-0.1, -0.05) is 0 Å². The van der Waals surface area contributed by atoms with Crippen LogP contribution in [0.4, 0.5) is 0 Å². The van der Waals surface area contributed by atoms with Crippen LogP contribution in [0.2, 0.25) is 0 Å². The topological polar surface area (TPSA) is 103 Å². The quantitative estimate of drug-likeness (QED) is 0.497. The van der Waals surface area contributed by atoms with Crippen molar-refractivity contribution in [3.05, 3.63) is 17.7 Å². The Labute approximate surface area is 104 Å². The first-order valence-corrected chi connectivity index (χ1v) is 5.07. The van der Waals surface area contributed by atoms with Crippen LogP contribution < -0.4 is 25.5 Å². The summed E-state index contributed by atoms with van der Waals surface area (Å²) in [4.78, 5) is 11.0. The number of carboxylic acids is 1. The fourth-order valence-electron chi connectivity index (χ4n) is 1.58. The van der Waals surface area contributed by atoms with Gasteiger partial charge in [-0.25, -0.2) is 5.43 Å². The predicted octanol–water partition coefficient (Wildman–Crippen LogP) is 0.301. The molecule has 1 rings (SSSR count). The number of methoxy groups -OCH3 is 3. The molecule has 0 aliphatic rings. The van der Waals surface area contributed by atoms with Gasteiger partial charge in [0.1, 0.15) is 6.04 Å². The lowest BCUT2D eigenvalue weighted by atomic mass is 10.1. The summed E-state index contributed by atoms with van der Waals surface area (Å²) in [6.45, 7) is 0. The van der Waals surface area contributed by atoms with E-state index in [1.165, 1.54) is 33.5 Å². The number of nitrogens with one attached hydrogen (secondary N) is 1. The summed E-state index contributed by atoms with van der Waals surface area (Å²) in [7, 11) is 4.37. The molecule has 0 heterocycles. The second-order valence-electron chi connectivity index (χ2n) is 3.40. The summed E-state index contributed by atoms with van der Waals surface area (Å²) >= 11 is 0. The summed E-state index contributed by atoms with van der Waals surface area (Å²) in [5.74, 6) is 5.24. The van der Waals surface area contributed by atoms with Crippen LogP contribution in [0.25, 0.3) is 0 Å². The predicted molar refractivity (Wildman–Crippen MR) is 63.8 cm³/mol. The van der Waals surface area contributed by atoms with Gasteiger partial charge in [-0.05, 0) is 17.7 Å². The Morgan fingerprint density at radius 1 is 1.22 bits per heavy atom. The summed E-state index contributed by atoms with van der Waals surface area (Å²) in [6.07, 6.45) is 0. The van der Waals surface area contributed by atoms with Gasteiger partial charge in [0.05, 0.1) is 21.3 Å². The van der Waals surface area contributed by atoms with Crippen molar-refractivity contribution in [3.8, 4) is 17.2 Å². The highest BCUT2D eigenvalue weighted by Gasteiger charge is 2.22. The maximum absolute atomic E-state index is 11.0. The molecule has 7 nitrogen and oxygen atoms in total. The number of carbonyl (C=O) groups is 1. The van der Waals surface area contributed by atoms with Gasteiger partial charge in [0.2, 0.25) is 5.75 Å². The largest absolute Gasteiger partial charge is 0.493 e. The minimum Gasteiger partial charge on any atom is -0.493 e. The van der Waals surface area contributed by atoms with Gasteiger partial charge in [-0.2, -0.15) is 0 Å². The molecule has 1 unspecified atom stereocenters. The molecule has 0 aromatic heterocycles. The summed E-state index contributed by atoms with van der Waals surface area (Å²) in [6, 6.07) is 2.00. The molecule has 0 saturated carbocycles. The van der Waals surface area contributed by atoms with E-state index in [-0.39, 0.29) is 0 Å². The average Bonchev–Trinajstić information content (AvgIpc) is 2.37. The zero-order chi connectivity index (χ0) is 13.7. The summed E-state index contributed by atoms with van der Waals surface area (Å²) in [5, 5.41) is 9.02. The molecule has 0 saturated heterocycles. The van der Waals surface area contributed by atoms with Crippen molar-refractivity contribution < 1.29 is 24.1 Å². The lowest BCUT2D eigenvalue weighted by Crippen LogP contribution is -2.33. The second-order valence-corrected chi connectivity index (χ2v) is 3.40. The summed E-state index contributed by atoms with van der Waals surface area (Å²) in [5.41, 5.74) is 2.61. The Bertz CT molecular complexity index is 410. The molecule has 7 heteroatoms. The minimum atomic E-state index is -1.10. The van der Waals surface area contributed by atoms with Crippen LogP contribution in [-0.4, -0.2) is 32.4 Å². The molecule has 0 aliphatic carbocycles. The van der Waals surface area contributed by atoms with E-state index in [9.17, 15) is 4.79 Å². The highest BCUT2D eigenvalue weighted by atomic mass is 16.5. The van der Waals surface area contributed by atoms with Crippen LogP contribution in [0, 0.1) is 0 Å². The smallest absolute Gasteiger partial charge is 0.326 e. The first-order valence-electron chi connectivity index (χ1n) is 5.07. The van der Waals surface area contributed by atoms with Crippen molar-refractivity contribution in [2.45, 2.75) is 6.04 Å². The van der Waals surface area contributed by atoms with E-state index >= 15 is 0 Å². The Morgan fingerprint density at radius 2 is 1.72 bits per heavy atom. The minimum absolute atomic E-state index is 0.369. The third-order valence-electron chi connectivity index (χ3n) is 2.43. The fourth-order valence-corrected chi connectivity index (χ4v) is 1.58. The van der Waals surface area contributed by atoms with Crippen LogP contribution in [0.3, 0.4) is 0 Å². The molecule has 1 aromatic carbocycles. The summed E-state index contributed by atoms with van der Waals surface area (Å²) < 4.78 is 15.4. The van der Waals surface area contributed by atoms with Crippen LogP contribution in [-0.2, 0) is 4.79 Å². The first-order chi connectivity index (χ1) is 8.58. The Morgan fingerprint density at radius 3 is 2.00 bits per heavy atom. The van der Waals surface area contributed by atoms with Gasteiger partial charge >= 0.3 is 5.97 Å². The zero-order valence-corrected chi connectivity index (χ0v) is 10.4. The number of aliphatic carboxylic acids is 1. The van der Waals surface area contributed by atoms with E-state index in [0.717, 1.165) is 0 Å². The van der Waals surface area contributed by atoms with E-state index in [1.54, 1.807) is 0 Å². The maximum atomic E-state index is 11.0. The molecular formula is C11H16N2O5. The van der Waals surface area contributed by atoms with Gasteiger partial charge in [-0.3, -0.25) is 10.6 Å². The molecule has 1 atom stereocenters. The van der Waals surface area contributed by atoms with Crippen molar-refractivity contribution in [1.82, 2.24) is 5.43 Å². The van der Waals surface area contributed by atoms with Gasteiger partial charge in [-0.15, -0.1) is 0 Å². The molecule has 18 heavy (non-hydrogen) atoms. The van der Waals surface area contributed by atoms with Crippen molar-refractivity contribution in [3.63, 3.8) is 0 Å². The van der Waals surface area contributed by atoms with Crippen LogP contribution >= 0.6 is 0 Å². The molecule has 4 N–H and O–H groups in total. The lowest BCUT2D eigenvalue weighted by Gasteiger charge is -2.17. The number of hydrogen-bond donors (Lipinski definition) is 3. The highest BCUT2D eigenvalue weighted by molar-refractivity contribution is 5.76. The number of carboxylic acid groups (broad SMARTS) is 1. The maximum Gasteiger partial charge on any atom is 0.326 e. The van der Waals surface area contributed by atoms with Crippen molar-refractivity contribution in [2.24, 2.45) is 5.84 Å².